The van der Waals surface area contributed by atoms with Gasteiger partial charge in [0.25, 0.3) is 0 Å². The quantitative estimate of drug-likeness (QED) is 0.582. The van der Waals surface area contributed by atoms with Crippen molar-refractivity contribution in [2.45, 2.75) is 76.0 Å². The number of benzene rings is 2. The minimum Gasteiger partial charge on any atom is -0.399 e. The largest absolute Gasteiger partial charge is 0.497 e. The zero-order chi connectivity index (χ0) is 24.9. The maximum absolute atomic E-state index is 15.6. The number of rotatable bonds is 5. The fraction of sp³-hybridized carbons (Fsp3) is 0.520. The maximum atomic E-state index is 15.6. The Kier molecular flexibility index (Phi) is 6.61. The lowest BCUT2D eigenvalue weighted by Gasteiger charge is -2.32. The summed E-state index contributed by atoms with van der Waals surface area (Å²) in [5.41, 5.74) is -0.107. The lowest BCUT2D eigenvalue weighted by molar-refractivity contribution is 0.00578. The highest BCUT2D eigenvalue weighted by molar-refractivity contribution is 7.89. The average molecular weight is 488 g/mol. The molecule has 2 heterocycles. The molecule has 184 valence electrons. The van der Waals surface area contributed by atoms with Gasteiger partial charge in [0.15, 0.2) is 0 Å². The van der Waals surface area contributed by atoms with Crippen molar-refractivity contribution >= 4 is 34.0 Å². The van der Waals surface area contributed by atoms with E-state index in [0.29, 0.717) is 12.2 Å². The van der Waals surface area contributed by atoms with E-state index in [1.165, 1.54) is 16.4 Å². The van der Waals surface area contributed by atoms with Gasteiger partial charge in [0.2, 0.25) is 10.0 Å². The smallest absolute Gasteiger partial charge is 0.399 e. The zero-order valence-electron chi connectivity index (χ0n) is 20.8. The minimum absolute atomic E-state index is 0.0592. The monoisotopic (exact) mass is 488 g/mol. The van der Waals surface area contributed by atoms with Gasteiger partial charge in [0, 0.05) is 30.8 Å². The van der Waals surface area contributed by atoms with Crippen molar-refractivity contribution in [3.63, 3.8) is 0 Å². The molecule has 2 aromatic rings. The number of unbranched alkanes of at least 4 members (excludes halogenated alkanes) is 1. The molecule has 6 nitrogen and oxygen atoms in total. The van der Waals surface area contributed by atoms with Crippen molar-refractivity contribution in [2.75, 3.05) is 18.5 Å². The van der Waals surface area contributed by atoms with Crippen LogP contribution in [0.5, 0.6) is 0 Å². The Bertz CT molecular complexity index is 1140. The summed E-state index contributed by atoms with van der Waals surface area (Å²) >= 11 is 0. The summed E-state index contributed by atoms with van der Waals surface area (Å²) in [6, 6.07) is 12.0. The molecule has 34 heavy (non-hydrogen) atoms. The Labute approximate surface area is 203 Å². The van der Waals surface area contributed by atoms with Gasteiger partial charge in [0.05, 0.1) is 16.9 Å². The minimum atomic E-state index is -3.89. The third-order valence-electron chi connectivity index (χ3n) is 7.40. The van der Waals surface area contributed by atoms with Crippen molar-refractivity contribution in [2.24, 2.45) is 0 Å². The van der Waals surface area contributed by atoms with Crippen LogP contribution in [0.25, 0.3) is 0 Å². The second-order valence-corrected chi connectivity index (χ2v) is 12.2. The molecule has 2 aromatic carbocycles. The third kappa shape index (κ3) is 4.28. The van der Waals surface area contributed by atoms with Crippen LogP contribution < -0.4 is 10.4 Å². The second kappa shape index (κ2) is 8.93. The van der Waals surface area contributed by atoms with Crippen molar-refractivity contribution in [1.29, 1.82) is 0 Å². The Hall–Kier alpha value is -1.94. The van der Waals surface area contributed by atoms with Gasteiger partial charge < -0.3 is 14.2 Å². The van der Waals surface area contributed by atoms with Gasteiger partial charge in [-0.25, -0.2) is 12.8 Å². The van der Waals surface area contributed by atoms with Crippen LogP contribution in [0.1, 0.15) is 53.9 Å². The molecule has 0 amide bonds. The Morgan fingerprint density at radius 2 is 1.71 bits per heavy atom. The molecule has 2 aliphatic rings. The standard InChI is InChI=1S/C25H34BFN2O4S/c1-7-8-12-19-17-29(18-13-10-9-11-14-18)22-16-21(27)20(15-23(22)34(30,31)28(19)6)26-32-24(2,3)25(4,5)33-26/h9-11,13-16,19H,7-8,12,17H2,1-6H3/t19-/m1/s1. The lowest BCUT2D eigenvalue weighted by atomic mass is 9.78. The number of anilines is 2. The highest BCUT2D eigenvalue weighted by Crippen LogP contribution is 2.40. The maximum Gasteiger partial charge on any atom is 0.497 e. The van der Waals surface area contributed by atoms with E-state index in [0.717, 1.165) is 24.9 Å². The summed E-state index contributed by atoms with van der Waals surface area (Å²) < 4.78 is 56.8. The molecule has 0 spiro atoms. The summed E-state index contributed by atoms with van der Waals surface area (Å²) in [6.45, 7) is 10.1. The fourth-order valence-electron chi connectivity index (χ4n) is 4.47. The molecule has 0 unspecified atom stereocenters. The summed E-state index contributed by atoms with van der Waals surface area (Å²) in [5, 5.41) is 0. The number of likely N-dealkylation sites (N-methyl/N-ethyl adjacent to an activating group) is 1. The van der Waals surface area contributed by atoms with E-state index in [1.807, 2.05) is 62.9 Å². The number of nitrogens with zero attached hydrogens (tertiary/aromatic N) is 2. The molecular weight excluding hydrogens is 454 g/mol. The molecule has 0 aromatic heterocycles. The summed E-state index contributed by atoms with van der Waals surface area (Å²) in [5.74, 6) is -0.553. The van der Waals surface area contributed by atoms with E-state index in [9.17, 15) is 8.42 Å². The predicted octanol–water partition coefficient (Wildman–Crippen LogP) is 4.46. The highest BCUT2D eigenvalue weighted by atomic mass is 32.2. The van der Waals surface area contributed by atoms with Gasteiger partial charge in [-0.3, -0.25) is 0 Å². The molecule has 1 fully saturated rings. The first kappa shape index (κ1) is 25.2. The second-order valence-electron chi connectivity index (χ2n) is 10.2. The van der Waals surface area contributed by atoms with Gasteiger partial charge in [-0.1, -0.05) is 38.0 Å². The molecule has 0 saturated carbocycles. The van der Waals surface area contributed by atoms with Gasteiger partial charge in [-0.05, 0) is 58.4 Å². The first-order chi connectivity index (χ1) is 15.9. The Morgan fingerprint density at radius 3 is 2.29 bits per heavy atom. The van der Waals surface area contributed by atoms with Crippen LogP contribution in [-0.4, -0.2) is 50.7 Å². The number of hydrogen-bond donors (Lipinski definition) is 0. The van der Waals surface area contributed by atoms with Crippen molar-refractivity contribution in [3.05, 3.63) is 48.3 Å². The van der Waals surface area contributed by atoms with Crippen molar-refractivity contribution in [1.82, 2.24) is 4.31 Å². The Balaban J connectivity index is 1.88. The fourth-order valence-corrected chi connectivity index (χ4v) is 6.05. The molecule has 1 saturated heterocycles. The van der Waals surface area contributed by atoms with E-state index in [4.69, 9.17) is 9.31 Å². The van der Waals surface area contributed by atoms with Crippen molar-refractivity contribution < 1.29 is 22.1 Å². The summed E-state index contributed by atoms with van der Waals surface area (Å²) in [6.07, 6.45) is 2.58. The molecule has 0 N–H and O–H groups in total. The van der Waals surface area contributed by atoms with Crippen LogP contribution in [0, 0.1) is 5.82 Å². The molecule has 9 heteroatoms. The normalized spacial score (nSPS) is 23.6. The van der Waals surface area contributed by atoms with E-state index >= 15 is 4.39 Å². The topological polar surface area (TPSA) is 59.1 Å². The van der Waals surface area contributed by atoms with Gasteiger partial charge in [-0.15, -0.1) is 0 Å². The van der Waals surface area contributed by atoms with Gasteiger partial charge in [-0.2, -0.15) is 4.31 Å². The Morgan fingerprint density at radius 1 is 1.09 bits per heavy atom. The summed E-state index contributed by atoms with van der Waals surface area (Å²) in [4.78, 5) is 1.97. The first-order valence-electron chi connectivity index (χ1n) is 11.9. The molecule has 0 radical (unpaired) electrons. The number of sulfonamides is 1. The van der Waals surface area contributed by atoms with Gasteiger partial charge in [0.1, 0.15) is 10.7 Å². The van der Waals surface area contributed by atoms with Gasteiger partial charge >= 0.3 is 7.12 Å². The zero-order valence-corrected chi connectivity index (χ0v) is 21.7. The molecule has 4 rings (SSSR count). The van der Waals surface area contributed by atoms with Crippen LogP contribution in [0.4, 0.5) is 15.8 Å². The van der Waals surface area contributed by atoms with E-state index < -0.39 is 34.2 Å². The first-order valence-corrected chi connectivity index (χ1v) is 13.3. The average Bonchev–Trinajstić information content (AvgIpc) is 2.95. The summed E-state index contributed by atoms with van der Waals surface area (Å²) in [7, 11) is -3.27. The third-order valence-corrected chi connectivity index (χ3v) is 9.34. The van der Waals surface area contributed by atoms with Crippen LogP contribution in [0.15, 0.2) is 47.4 Å². The highest BCUT2D eigenvalue weighted by Gasteiger charge is 2.53. The number of para-hydroxylation sites is 1. The molecule has 1 atom stereocenters. The number of fused-ring (bicyclic) bond motifs is 1. The molecule has 0 bridgehead atoms. The SMILES string of the molecule is CCCC[C@@H]1CN(c2ccccc2)c2cc(F)c(B3OC(C)(C)C(C)(C)O3)cc2S(=O)(=O)N1C. The molecule has 0 aliphatic carbocycles. The lowest BCUT2D eigenvalue weighted by Crippen LogP contribution is -2.41. The van der Waals surface area contributed by atoms with E-state index in [-0.39, 0.29) is 16.4 Å². The molecule has 2 aliphatic heterocycles. The van der Waals surface area contributed by atoms with Crippen LogP contribution in [0.3, 0.4) is 0 Å². The molecular formula is C25H34BFN2O4S. The predicted molar refractivity (Wildman–Crippen MR) is 134 cm³/mol. The van der Waals surface area contributed by atoms with E-state index in [2.05, 4.69) is 6.92 Å². The van der Waals surface area contributed by atoms with Crippen LogP contribution in [0.2, 0.25) is 0 Å². The number of halogens is 1. The van der Waals surface area contributed by atoms with Crippen LogP contribution in [-0.2, 0) is 19.3 Å². The number of hydrogen-bond acceptors (Lipinski definition) is 5. The van der Waals surface area contributed by atoms with E-state index in [1.54, 1.807) is 7.05 Å². The van der Waals surface area contributed by atoms with Crippen molar-refractivity contribution in [3.8, 4) is 0 Å². The van der Waals surface area contributed by atoms with Crippen LogP contribution >= 0.6 is 0 Å².